The van der Waals surface area contributed by atoms with Gasteiger partial charge in [-0.2, -0.15) is 10.2 Å². The van der Waals surface area contributed by atoms with E-state index in [4.69, 9.17) is 9.47 Å². The fraction of sp³-hybridized carbons (Fsp3) is 0.500. The summed E-state index contributed by atoms with van der Waals surface area (Å²) in [6.07, 6.45) is 5.63. The number of H-pyrrole nitrogens is 1. The molecule has 1 aliphatic rings. The Labute approximate surface area is 174 Å². The minimum absolute atomic E-state index is 0.0652. The van der Waals surface area contributed by atoms with Gasteiger partial charge in [-0.15, -0.1) is 0 Å². The molecule has 0 unspecified atom stereocenters. The maximum Gasteiger partial charge on any atom is 0.407 e. The highest BCUT2D eigenvalue weighted by molar-refractivity contribution is 5.72. The number of ether oxygens (including phenoxy) is 2. The molecule has 0 saturated heterocycles. The van der Waals surface area contributed by atoms with Crippen molar-refractivity contribution in [2.75, 3.05) is 12.4 Å². The molecule has 1 saturated carbocycles. The number of amides is 1. The summed E-state index contributed by atoms with van der Waals surface area (Å²) in [6, 6.07) is 3.99. The first-order valence-corrected chi connectivity index (χ1v) is 10.1. The number of rotatable bonds is 7. The quantitative estimate of drug-likeness (QED) is 0.544. The molecule has 0 aliphatic heterocycles. The maximum absolute atomic E-state index is 11.8. The van der Waals surface area contributed by atoms with Crippen LogP contribution in [0.15, 0.2) is 24.5 Å². The minimum Gasteiger partial charge on any atom is -0.446 e. The SMILES string of the molecule is COCc1cc2c(Nc3cc([C@@H]4CC[C@H](OC(=O)NC(C)C)C4)[nH]n3)nccn2n1. The molecule has 160 valence electrons. The van der Waals surface area contributed by atoms with Gasteiger partial charge in [-0.3, -0.25) is 5.10 Å². The molecule has 0 radical (unpaired) electrons. The topological polar surface area (TPSA) is 118 Å². The van der Waals surface area contributed by atoms with Crippen LogP contribution in [-0.4, -0.2) is 50.1 Å². The van der Waals surface area contributed by atoms with Crippen molar-refractivity contribution in [3.8, 4) is 0 Å². The number of nitrogens with one attached hydrogen (secondary N) is 3. The predicted molar refractivity (Wildman–Crippen MR) is 111 cm³/mol. The molecule has 1 fully saturated rings. The molecule has 0 aromatic carbocycles. The van der Waals surface area contributed by atoms with Crippen molar-refractivity contribution >= 4 is 23.2 Å². The Bertz CT molecular complexity index is 1010. The lowest BCUT2D eigenvalue weighted by atomic mass is 10.0. The van der Waals surface area contributed by atoms with E-state index >= 15 is 0 Å². The molecule has 1 aliphatic carbocycles. The number of aromatic nitrogens is 5. The van der Waals surface area contributed by atoms with E-state index in [1.165, 1.54) is 0 Å². The van der Waals surface area contributed by atoms with E-state index in [1.54, 1.807) is 24.0 Å². The van der Waals surface area contributed by atoms with E-state index in [0.717, 1.165) is 36.2 Å². The third-order valence-electron chi connectivity index (χ3n) is 5.08. The van der Waals surface area contributed by atoms with Crippen molar-refractivity contribution in [3.05, 3.63) is 35.9 Å². The summed E-state index contributed by atoms with van der Waals surface area (Å²) in [5.74, 6) is 1.63. The second kappa shape index (κ2) is 8.70. The molecule has 3 aromatic rings. The first-order chi connectivity index (χ1) is 14.5. The lowest BCUT2D eigenvalue weighted by Gasteiger charge is -2.14. The van der Waals surface area contributed by atoms with Crippen LogP contribution in [0.3, 0.4) is 0 Å². The lowest BCUT2D eigenvalue weighted by Crippen LogP contribution is -2.33. The van der Waals surface area contributed by atoms with Crippen molar-refractivity contribution in [2.45, 2.75) is 57.8 Å². The fourth-order valence-electron chi connectivity index (χ4n) is 3.77. The minimum atomic E-state index is -0.351. The molecule has 0 bridgehead atoms. The van der Waals surface area contributed by atoms with E-state index in [9.17, 15) is 4.79 Å². The monoisotopic (exact) mass is 413 g/mol. The Kier molecular flexibility index (Phi) is 5.84. The van der Waals surface area contributed by atoms with E-state index in [0.29, 0.717) is 18.2 Å². The summed E-state index contributed by atoms with van der Waals surface area (Å²) in [7, 11) is 1.64. The standard InChI is InChI=1S/C20H27N7O3/c1-12(2)22-20(28)30-15-5-4-13(8-15)16-10-18(25-24-16)23-19-17-9-14(11-29-3)26-27(17)7-6-21-19/h6-7,9-10,12-13,15H,4-5,8,11H2,1-3H3,(H,22,28)(H2,21,23,24,25)/t13-,15+/m1/s1. The zero-order valence-electron chi connectivity index (χ0n) is 17.4. The largest absolute Gasteiger partial charge is 0.446 e. The Morgan fingerprint density at radius 3 is 3.03 bits per heavy atom. The van der Waals surface area contributed by atoms with Gasteiger partial charge >= 0.3 is 6.09 Å². The third-order valence-corrected chi connectivity index (χ3v) is 5.08. The van der Waals surface area contributed by atoms with E-state index < -0.39 is 0 Å². The van der Waals surface area contributed by atoms with Crippen LogP contribution >= 0.6 is 0 Å². The molecule has 10 nitrogen and oxygen atoms in total. The smallest absolute Gasteiger partial charge is 0.407 e. The molecule has 3 heterocycles. The molecule has 0 spiro atoms. The Balaban J connectivity index is 1.40. The van der Waals surface area contributed by atoms with Gasteiger partial charge in [0.2, 0.25) is 0 Å². The van der Waals surface area contributed by atoms with Crippen LogP contribution in [0.25, 0.3) is 5.52 Å². The molecule has 4 rings (SSSR count). The zero-order valence-corrected chi connectivity index (χ0v) is 17.4. The van der Waals surface area contributed by atoms with E-state index in [-0.39, 0.29) is 24.2 Å². The zero-order chi connectivity index (χ0) is 21.1. The molecular weight excluding hydrogens is 386 g/mol. The molecule has 3 N–H and O–H groups in total. The number of carbonyl (C=O) groups is 1. The Morgan fingerprint density at radius 1 is 1.37 bits per heavy atom. The lowest BCUT2D eigenvalue weighted by molar-refractivity contribution is 0.0981. The fourth-order valence-corrected chi connectivity index (χ4v) is 3.77. The van der Waals surface area contributed by atoms with Gasteiger partial charge in [0.1, 0.15) is 11.6 Å². The molecular formula is C20H27N7O3. The Morgan fingerprint density at radius 2 is 2.23 bits per heavy atom. The number of hydrogen-bond donors (Lipinski definition) is 3. The van der Waals surface area contributed by atoms with Crippen molar-refractivity contribution in [2.24, 2.45) is 0 Å². The number of nitrogens with zero attached hydrogens (tertiary/aromatic N) is 4. The molecule has 2 atom stereocenters. The van der Waals surface area contributed by atoms with Gasteiger partial charge in [0.05, 0.1) is 12.3 Å². The summed E-state index contributed by atoms with van der Waals surface area (Å²) >= 11 is 0. The third kappa shape index (κ3) is 4.54. The second-order valence-electron chi connectivity index (χ2n) is 7.84. The van der Waals surface area contributed by atoms with Crippen molar-refractivity contribution in [1.82, 2.24) is 30.1 Å². The van der Waals surface area contributed by atoms with Gasteiger partial charge in [-0.25, -0.2) is 14.3 Å². The highest BCUT2D eigenvalue weighted by atomic mass is 16.6. The first-order valence-electron chi connectivity index (χ1n) is 10.1. The summed E-state index contributed by atoms with van der Waals surface area (Å²) in [5.41, 5.74) is 2.70. The average Bonchev–Trinajstić information content (AvgIpc) is 3.41. The van der Waals surface area contributed by atoms with Crippen LogP contribution in [0.2, 0.25) is 0 Å². The van der Waals surface area contributed by atoms with Gasteiger partial charge in [0, 0.05) is 43.2 Å². The van der Waals surface area contributed by atoms with Gasteiger partial charge in [-0.05, 0) is 39.2 Å². The second-order valence-corrected chi connectivity index (χ2v) is 7.84. The molecule has 1 amide bonds. The van der Waals surface area contributed by atoms with Crippen LogP contribution < -0.4 is 10.6 Å². The molecule has 30 heavy (non-hydrogen) atoms. The van der Waals surface area contributed by atoms with Crippen molar-refractivity contribution < 1.29 is 14.3 Å². The highest BCUT2D eigenvalue weighted by Gasteiger charge is 2.30. The van der Waals surface area contributed by atoms with Crippen LogP contribution in [0.4, 0.5) is 16.4 Å². The number of alkyl carbamates (subject to hydrolysis) is 1. The number of fused-ring (bicyclic) bond motifs is 1. The first kappa shape index (κ1) is 20.1. The predicted octanol–water partition coefficient (Wildman–Crippen LogP) is 3.11. The summed E-state index contributed by atoms with van der Waals surface area (Å²) in [5, 5.41) is 18.0. The number of aromatic amines is 1. The summed E-state index contributed by atoms with van der Waals surface area (Å²) < 4.78 is 12.4. The van der Waals surface area contributed by atoms with Crippen molar-refractivity contribution in [1.29, 1.82) is 0 Å². The van der Waals surface area contributed by atoms with Crippen LogP contribution in [0, 0.1) is 0 Å². The van der Waals surface area contributed by atoms with Crippen LogP contribution in [-0.2, 0) is 16.1 Å². The highest BCUT2D eigenvalue weighted by Crippen LogP contribution is 2.36. The number of carbonyl (C=O) groups excluding carboxylic acids is 1. The van der Waals surface area contributed by atoms with Crippen LogP contribution in [0.1, 0.15) is 50.4 Å². The number of anilines is 2. The summed E-state index contributed by atoms with van der Waals surface area (Å²) in [6.45, 7) is 4.26. The van der Waals surface area contributed by atoms with Gasteiger partial charge in [0.15, 0.2) is 11.6 Å². The molecule has 10 heteroatoms. The number of methoxy groups -OCH3 is 1. The van der Waals surface area contributed by atoms with Crippen LogP contribution in [0.5, 0.6) is 0 Å². The van der Waals surface area contributed by atoms with Gasteiger partial charge in [0.25, 0.3) is 0 Å². The van der Waals surface area contributed by atoms with E-state index in [1.807, 2.05) is 26.0 Å². The van der Waals surface area contributed by atoms with Gasteiger partial charge in [-0.1, -0.05) is 0 Å². The maximum atomic E-state index is 11.8. The number of hydrogen-bond acceptors (Lipinski definition) is 7. The average molecular weight is 413 g/mol. The van der Waals surface area contributed by atoms with Gasteiger partial charge < -0.3 is 20.1 Å². The normalized spacial score (nSPS) is 18.8. The van der Waals surface area contributed by atoms with E-state index in [2.05, 4.69) is 30.9 Å². The molecule has 3 aromatic heterocycles. The Hall–Kier alpha value is -3.14. The van der Waals surface area contributed by atoms with Crippen molar-refractivity contribution in [3.63, 3.8) is 0 Å². The summed E-state index contributed by atoms with van der Waals surface area (Å²) in [4.78, 5) is 16.2.